The molecule has 8 heteroatoms. The van der Waals surface area contributed by atoms with Gasteiger partial charge in [0.15, 0.2) is 0 Å². The molecule has 2 amide bonds. The Hall–Kier alpha value is -4.56. The van der Waals surface area contributed by atoms with Crippen molar-refractivity contribution in [2.45, 2.75) is 40.3 Å². The van der Waals surface area contributed by atoms with Crippen LogP contribution in [-0.2, 0) is 19.5 Å². The van der Waals surface area contributed by atoms with Gasteiger partial charge in [0.05, 0.1) is 28.2 Å². The van der Waals surface area contributed by atoms with E-state index in [2.05, 4.69) is 41.0 Å². The van der Waals surface area contributed by atoms with Crippen molar-refractivity contribution in [3.05, 3.63) is 69.8 Å². The van der Waals surface area contributed by atoms with Gasteiger partial charge in [0.1, 0.15) is 17.2 Å². The molecule has 7 nitrogen and oxygen atoms in total. The van der Waals surface area contributed by atoms with Gasteiger partial charge in [0.2, 0.25) is 0 Å². The summed E-state index contributed by atoms with van der Waals surface area (Å²) in [6, 6.07) is 10.7. The number of fused-ring (bicyclic) bond motifs is 6. The van der Waals surface area contributed by atoms with Crippen molar-refractivity contribution in [3.63, 3.8) is 0 Å². The first kappa shape index (κ1) is 25.1. The molecule has 192 valence electrons. The average Bonchev–Trinajstić information content (AvgIpc) is 3.41. The van der Waals surface area contributed by atoms with Crippen LogP contribution in [-0.4, -0.2) is 34.0 Å². The molecule has 0 unspecified atom stereocenters. The van der Waals surface area contributed by atoms with Gasteiger partial charge in [-0.3, -0.25) is 9.59 Å². The number of carbonyl (C=O) groups excluding carboxylic acids is 2. The Bertz CT molecular complexity index is 1710. The van der Waals surface area contributed by atoms with E-state index in [1.807, 2.05) is 29.7 Å². The van der Waals surface area contributed by atoms with E-state index < -0.39 is 0 Å². The Morgan fingerprint density at radius 2 is 1.74 bits per heavy atom. The van der Waals surface area contributed by atoms with Crippen molar-refractivity contribution in [3.8, 4) is 18.4 Å². The molecule has 2 aromatic heterocycles. The van der Waals surface area contributed by atoms with E-state index in [9.17, 15) is 19.2 Å². The maximum atomic E-state index is 13.5. The number of hydrogen-bond acceptors (Lipinski definition) is 3. The molecule has 2 N–H and O–H groups in total. The van der Waals surface area contributed by atoms with Crippen molar-refractivity contribution >= 4 is 33.6 Å². The number of terminal acetylenes is 1. The molecule has 0 bridgehead atoms. The van der Waals surface area contributed by atoms with E-state index in [-0.39, 0.29) is 17.6 Å². The number of benzene rings is 2. The molecule has 2 aromatic carbocycles. The molecule has 0 aliphatic carbocycles. The Labute approximate surface area is 220 Å². The van der Waals surface area contributed by atoms with E-state index >= 15 is 0 Å². The van der Waals surface area contributed by atoms with Gasteiger partial charge in [-0.2, -0.15) is 5.26 Å². The molecular formula is C30H28FN5O2. The summed E-state index contributed by atoms with van der Waals surface area (Å²) in [5.41, 5.74) is 6.27. The number of amides is 2. The quantitative estimate of drug-likeness (QED) is 0.396. The summed E-state index contributed by atoms with van der Waals surface area (Å²) < 4.78 is 17.5. The monoisotopic (exact) mass is 509 g/mol. The first-order chi connectivity index (χ1) is 18.2. The van der Waals surface area contributed by atoms with E-state index in [0.717, 1.165) is 45.9 Å². The normalized spacial score (nSPS) is 14.2. The Kier molecular flexibility index (Phi) is 6.42. The molecule has 0 spiro atoms. The molecule has 38 heavy (non-hydrogen) atoms. The van der Waals surface area contributed by atoms with Crippen molar-refractivity contribution in [2.24, 2.45) is 5.92 Å². The lowest BCUT2D eigenvalue weighted by molar-refractivity contribution is 0.0920. The lowest BCUT2D eigenvalue weighted by Gasteiger charge is -2.18. The molecule has 0 saturated carbocycles. The van der Waals surface area contributed by atoms with Crippen LogP contribution in [0.15, 0.2) is 30.3 Å². The summed E-state index contributed by atoms with van der Waals surface area (Å²) in [5.74, 6) is 2.48. The largest absolute Gasteiger partial charge is 0.349 e. The second-order valence-corrected chi connectivity index (χ2v) is 10.1. The number of carbonyl (C=O) groups is 2. The molecule has 4 aromatic rings. The minimum atomic E-state index is -0.373. The minimum Gasteiger partial charge on any atom is -0.349 e. The molecule has 0 atom stereocenters. The first-order valence-electron chi connectivity index (χ1n) is 12.6. The predicted octanol–water partition coefficient (Wildman–Crippen LogP) is 4.27. The second-order valence-electron chi connectivity index (χ2n) is 10.1. The highest BCUT2D eigenvalue weighted by Gasteiger charge is 2.25. The van der Waals surface area contributed by atoms with E-state index in [1.54, 1.807) is 0 Å². The summed E-state index contributed by atoms with van der Waals surface area (Å²) >= 11 is 0. The number of aryl methyl sites for hydroxylation is 1. The zero-order valence-corrected chi connectivity index (χ0v) is 21.6. The third-order valence-electron chi connectivity index (χ3n) is 7.05. The number of hydrogen-bond donors (Lipinski definition) is 2. The molecule has 0 fully saturated rings. The van der Waals surface area contributed by atoms with Crippen LogP contribution in [0.1, 0.15) is 57.1 Å². The molecule has 0 radical (unpaired) electrons. The van der Waals surface area contributed by atoms with Gasteiger partial charge in [-0.05, 0) is 60.7 Å². The first-order valence-corrected chi connectivity index (χ1v) is 12.6. The number of nitrogens with zero attached hydrogens (tertiary/aromatic N) is 3. The zero-order valence-electron chi connectivity index (χ0n) is 21.6. The number of halogens is 1. The summed E-state index contributed by atoms with van der Waals surface area (Å²) in [4.78, 5) is 23.8. The van der Waals surface area contributed by atoms with Crippen LogP contribution in [0.25, 0.3) is 21.8 Å². The third-order valence-corrected chi connectivity index (χ3v) is 7.05. The number of rotatable bonds is 2. The Morgan fingerprint density at radius 3 is 2.42 bits per heavy atom. The molecule has 4 heterocycles. The van der Waals surface area contributed by atoms with Crippen molar-refractivity contribution in [1.29, 1.82) is 5.26 Å². The fourth-order valence-electron chi connectivity index (χ4n) is 5.57. The van der Waals surface area contributed by atoms with Gasteiger partial charge in [0.25, 0.3) is 11.8 Å². The fourth-order valence-corrected chi connectivity index (χ4v) is 5.57. The van der Waals surface area contributed by atoms with E-state index in [4.69, 9.17) is 6.42 Å². The van der Waals surface area contributed by atoms with Crippen LogP contribution in [0, 0.1) is 42.3 Å². The zero-order chi connectivity index (χ0) is 27.1. The lowest BCUT2D eigenvalue weighted by atomic mass is 9.98. The fraction of sp³-hybridized carbons (Fsp3) is 0.300. The summed E-state index contributed by atoms with van der Waals surface area (Å²) in [5, 5.41) is 16.5. The molecule has 6 rings (SSSR count). The Morgan fingerprint density at radius 1 is 1.03 bits per heavy atom. The van der Waals surface area contributed by atoms with Gasteiger partial charge >= 0.3 is 0 Å². The van der Waals surface area contributed by atoms with Crippen LogP contribution in [0.4, 0.5) is 4.39 Å². The van der Waals surface area contributed by atoms with E-state index in [0.29, 0.717) is 48.1 Å². The second kappa shape index (κ2) is 9.72. The van der Waals surface area contributed by atoms with Crippen LogP contribution >= 0.6 is 0 Å². The van der Waals surface area contributed by atoms with Crippen molar-refractivity contribution < 1.29 is 14.0 Å². The van der Waals surface area contributed by atoms with Crippen molar-refractivity contribution in [2.75, 3.05) is 13.1 Å². The molecule has 0 saturated heterocycles. The minimum absolute atomic E-state index is 0.0264. The smallest absolute Gasteiger partial charge is 0.268 e. The number of nitrogens with one attached hydrogen (secondary N) is 2. The number of aromatic nitrogens is 2. The third kappa shape index (κ3) is 4.18. The van der Waals surface area contributed by atoms with Crippen LogP contribution in [0.2, 0.25) is 0 Å². The summed E-state index contributed by atoms with van der Waals surface area (Å²) in [6.45, 7) is 8.83. The van der Waals surface area contributed by atoms with Gasteiger partial charge in [-0.25, -0.2) is 4.39 Å². The number of nitriles is 1. The van der Waals surface area contributed by atoms with Crippen LogP contribution in [0.3, 0.4) is 0 Å². The molecular weight excluding hydrogens is 481 g/mol. The van der Waals surface area contributed by atoms with Gasteiger partial charge in [-0.15, -0.1) is 6.42 Å². The van der Waals surface area contributed by atoms with Gasteiger partial charge in [0, 0.05) is 37.0 Å². The maximum Gasteiger partial charge on any atom is 0.268 e. The average molecular weight is 510 g/mol. The highest BCUT2D eigenvalue weighted by Crippen LogP contribution is 2.31. The summed E-state index contributed by atoms with van der Waals surface area (Å²) in [6.07, 6.45) is 6.35. The van der Waals surface area contributed by atoms with Gasteiger partial charge in [-0.1, -0.05) is 19.8 Å². The Balaban J connectivity index is 0.000000156. The predicted molar refractivity (Wildman–Crippen MR) is 144 cm³/mol. The topological polar surface area (TPSA) is 91.8 Å². The van der Waals surface area contributed by atoms with Crippen molar-refractivity contribution in [1.82, 2.24) is 19.8 Å². The van der Waals surface area contributed by atoms with Crippen LogP contribution in [0.5, 0.6) is 0 Å². The van der Waals surface area contributed by atoms with E-state index in [1.165, 1.54) is 12.1 Å². The highest BCUT2D eigenvalue weighted by atomic mass is 19.1. The maximum absolute atomic E-state index is 13.5. The standard InChI is InChI=1S/C16H17N3O.C14H11FN2O/c1-10(2)5-12-6-11(9-17)7-13-8-14-16(20)18-3-4-19(14)15(12)13;1-3-9-6-10(15)7-11-8(2)12-14(18)16-4-5-17(12)13(9)11/h6-8,10H,3-5H2,1-2H3,(H,18,20);1,6-7H,4-5H2,2H3,(H,16,18). The van der Waals surface area contributed by atoms with Crippen LogP contribution < -0.4 is 10.6 Å². The van der Waals surface area contributed by atoms with Gasteiger partial charge < -0.3 is 19.8 Å². The lowest BCUT2D eigenvalue weighted by Crippen LogP contribution is -2.35. The molecule has 2 aliphatic rings. The highest BCUT2D eigenvalue weighted by molar-refractivity contribution is 6.03. The molecule has 2 aliphatic heterocycles. The summed E-state index contributed by atoms with van der Waals surface area (Å²) in [7, 11) is 0. The SMILES string of the molecule is C#Cc1cc(F)cc2c(C)c3n(c12)CCNC3=O.CC(C)Cc1cc(C#N)cc2cc3n(c12)CCNC3=O.